The molecule has 1 fully saturated rings. The van der Waals surface area contributed by atoms with E-state index in [2.05, 4.69) is 18.2 Å². The smallest absolute Gasteiger partial charge is 0.334 e. The van der Waals surface area contributed by atoms with Gasteiger partial charge in [0.25, 0.3) is 0 Å². The second-order valence-corrected chi connectivity index (χ2v) is 4.01. The van der Waals surface area contributed by atoms with E-state index >= 15 is 0 Å². The first kappa shape index (κ1) is 12.7. The topological polar surface area (TPSA) is 52.6 Å². The minimum Gasteiger partial charge on any atom is -0.466 e. The molecule has 1 rings (SSSR count). The zero-order chi connectivity index (χ0) is 12.1. The molecular weight excluding hydrogens is 208 g/mol. The normalized spacial score (nSPS) is 24.0. The van der Waals surface area contributed by atoms with Gasteiger partial charge in [0.2, 0.25) is 0 Å². The third kappa shape index (κ3) is 2.84. The number of carbonyl (C=O) groups is 2. The summed E-state index contributed by atoms with van der Waals surface area (Å²) in [5.41, 5.74) is 0.200. The van der Waals surface area contributed by atoms with Crippen LogP contribution in [0.15, 0.2) is 12.2 Å². The standard InChI is InChI=1S/C12H18O4/c1-4-5-6-9-7-10(12(14)16-9)8(2)11(13)15-3/h9-10H,2,4-7H2,1,3H3/t9-,10-/m1/s1. The largest absolute Gasteiger partial charge is 0.466 e. The first-order valence-corrected chi connectivity index (χ1v) is 5.57. The number of methoxy groups -OCH3 is 1. The first-order valence-electron chi connectivity index (χ1n) is 5.57. The Hall–Kier alpha value is -1.32. The van der Waals surface area contributed by atoms with Crippen LogP contribution in [0.4, 0.5) is 0 Å². The molecule has 1 aliphatic heterocycles. The molecule has 4 heteroatoms. The fourth-order valence-electron chi connectivity index (χ4n) is 1.82. The third-order valence-electron chi connectivity index (χ3n) is 2.81. The van der Waals surface area contributed by atoms with Crippen molar-refractivity contribution in [3.05, 3.63) is 12.2 Å². The van der Waals surface area contributed by atoms with Crippen molar-refractivity contribution in [2.75, 3.05) is 7.11 Å². The number of hydrogen-bond acceptors (Lipinski definition) is 4. The van der Waals surface area contributed by atoms with Crippen LogP contribution in [0, 0.1) is 5.92 Å². The van der Waals surface area contributed by atoms with Gasteiger partial charge in [-0.1, -0.05) is 26.3 Å². The summed E-state index contributed by atoms with van der Waals surface area (Å²) in [6.07, 6.45) is 3.42. The average molecular weight is 226 g/mol. The number of unbranched alkanes of at least 4 members (excludes halogenated alkanes) is 1. The van der Waals surface area contributed by atoms with E-state index in [0.29, 0.717) is 6.42 Å². The lowest BCUT2D eigenvalue weighted by molar-refractivity contribution is -0.146. The van der Waals surface area contributed by atoms with Gasteiger partial charge in [0.1, 0.15) is 6.10 Å². The minimum absolute atomic E-state index is 0.0705. The molecule has 2 atom stereocenters. The number of carbonyl (C=O) groups excluding carboxylic acids is 2. The summed E-state index contributed by atoms with van der Waals surface area (Å²) in [5, 5.41) is 0. The van der Waals surface area contributed by atoms with Gasteiger partial charge in [-0.15, -0.1) is 0 Å². The maximum atomic E-state index is 11.5. The van der Waals surface area contributed by atoms with Crippen molar-refractivity contribution in [1.82, 2.24) is 0 Å². The summed E-state index contributed by atoms with van der Waals surface area (Å²) in [6, 6.07) is 0. The van der Waals surface area contributed by atoms with Crippen LogP contribution in [0.25, 0.3) is 0 Å². The fourth-order valence-corrected chi connectivity index (χ4v) is 1.82. The van der Waals surface area contributed by atoms with E-state index in [4.69, 9.17) is 4.74 Å². The summed E-state index contributed by atoms with van der Waals surface area (Å²) >= 11 is 0. The molecule has 4 nitrogen and oxygen atoms in total. The van der Waals surface area contributed by atoms with Crippen molar-refractivity contribution in [2.24, 2.45) is 5.92 Å². The number of hydrogen-bond donors (Lipinski definition) is 0. The maximum absolute atomic E-state index is 11.5. The highest BCUT2D eigenvalue weighted by molar-refractivity contribution is 5.95. The number of esters is 2. The van der Waals surface area contributed by atoms with E-state index in [0.717, 1.165) is 19.3 Å². The Morgan fingerprint density at radius 1 is 1.62 bits per heavy atom. The molecule has 0 amide bonds. The van der Waals surface area contributed by atoms with Crippen LogP contribution in [-0.2, 0) is 19.1 Å². The first-order chi connectivity index (χ1) is 7.60. The van der Waals surface area contributed by atoms with Crippen LogP contribution < -0.4 is 0 Å². The van der Waals surface area contributed by atoms with Crippen molar-refractivity contribution >= 4 is 11.9 Å². The lowest BCUT2D eigenvalue weighted by Gasteiger charge is -2.07. The second-order valence-electron chi connectivity index (χ2n) is 4.01. The van der Waals surface area contributed by atoms with Gasteiger partial charge in [-0.2, -0.15) is 0 Å². The molecule has 0 spiro atoms. The molecule has 1 heterocycles. The summed E-state index contributed by atoms with van der Waals surface area (Å²) in [5.74, 6) is -1.40. The molecule has 0 aliphatic carbocycles. The molecule has 0 aromatic rings. The van der Waals surface area contributed by atoms with Crippen molar-refractivity contribution in [2.45, 2.75) is 38.7 Å². The Morgan fingerprint density at radius 3 is 2.88 bits per heavy atom. The van der Waals surface area contributed by atoms with Crippen LogP contribution in [0.3, 0.4) is 0 Å². The van der Waals surface area contributed by atoms with Crippen LogP contribution in [0.2, 0.25) is 0 Å². The Kier molecular flexibility index (Phi) is 4.52. The third-order valence-corrected chi connectivity index (χ3v) is 2.81. The van der Waals surface area contributed by atoms with Crippen molar-refractivity contribution in [1.29, 1.82) is 0 Å². The SMILES string of the molecule is C=C(C(=O)OC)[C@H]1C[C@@H](CCCC)OC1=O. The molecule has 0 saturated carbocycles. The van der Waals surface area contributed by atoms with E-state index in [1.165, 1.54) is 7.11 Å². The number of rotatable bonds is 5. The highest BCUT2D eigenvalue weighted by Crippen LogP contribution is 2.29. The Morgan fingerprint density at radius 2 is 2.31 bits per heavy atom. The van der Waals surface area contributed by atoms with Crippen molar-refractivity contribution < 1.29 is 19.1 Å². The van der Waals surface area contributed by atoms with Crippen molar-refractivity contribution in [3.8, 4) is 0 Å². The van der Waals surface area contributed by atoms with Gasteiger partial charge >= 0.3 is 11.9 Å². The molecular formula is C12H18O4. The summed E-state index contributed by atoms with van der Waals surface area (Å²) < 4.78 is 9.73. The molecule has 90 valence electrons. The molecule has 1 saturated heterocycles. The highest BCUT2D eigenvalue weighted by Gasteiger charge is 2.38. The molecule has 0 radical (unpaired) electrons. The van der Waals surface area contributed by atoms with Gasteiger partial charge in [0.05, 0.1) is 13.0 Å². The van der Waals surface area contributed by atoms with Gasteiger partial charge < -0.3 is 9.47 Å². The zero-order valence-corrected chi connectivity index (χ0v) is 9.82. The van der Waals surface area contributed by atoms with Gasteiger partial charge in [0.15, 0.2) is 0 Å². The minimum atomic E-state index is -0.530. The predicted molar refractivity (Wildman–Crippen MR) is 58.7 cm³/mol. The fraction of sp³-hybridized carbons (Fsp3) is 0.667. The Bertz CT molecular complexity index is 295. The molecule has 0 aromatic carbocycles. The number of cyclic esters (lactones) is 1. The molecule has 1 aliphatic rings. The molecule has 0 bridgehead atoms. The van der Waals surface area contributed by atoms with Crippen molar-refractivity contribution in [3.63, 3.8) is 0 Å². The van der Waals surface area contributed by atoms with Crippen LogP contribution in [-0.4, -0.2) is 25.2 Å². The zero-order valence-electron chi connectivity index (χ0n) is 9.82. The second kappa shape index (κ2) is 5.68. The summed E-state index contributed by atoms with van der Waals surface area (Å²) in [7, 11) is 1.28. The van der Waals surface area contributed by atoms with E-state index in [1.807, 2.05) is 0 Å². The average Bonchev–Trinajstić information content (AvgIpc) is 2.65. The van der Waals surface area contributed by atoms with E-state index in [-0.39, 0.29) is 17.6 Å². The summed E-state index contributed by atoms with van der Waals surface area (Å²) in [6.45, 7) is 5.68. The van der Waals surface area contributed by atoms with E-state index < -0.39 is 11.9 Å². The van der Waals surface area contributed by atoms with Gasteiger partial charge in [-0.3, -0.25) is 4.79 Å². The van der Waals surface area contributed by atoms with Crippen LogP contribution >= 0.6 is 0 Å². The molecule has 0 N–H and O–H groups in total. The van der Waals surface area contributed by atoms with Crippen LogP contribution in [0.5, 0.6) is 0 Å². The molecule has 0 aromatic heterocycles. The van der Waals surface area contributed by atoms with Crippen LogP contribution in [0.1, 0.15) is 32.6 Å². The predicted octanol–water partition coefficient (Wildman–Crippen LogP) is 1.84. The van der Waals surface area contributed by atoms with Gasteiger partial charge in [0, 0.05) is 12.0 Å². The highest BCUT2D eigenvalue weighted by atomic mass is 16.6. The van der Waals surface area contributed by atoms with E-state index in [1.54, 1.807) is 0 Å². The quantitative estimate of drug-likeness (QED) is 0.530. The number of ether oxygens (including phenoxy) is 2. The monoisotopic (exact) mass is 226 g/mol. The lowest BCUT2D eigenvalue weighted by atomic mass is 9.95. The molecule has 0 unspecified atom stereocenters. The van der Waals surface area contributed by atoms with Gasteiger partial charge in [-0.05, 0) is 6.42 Å². The van der Waals surface area contributed by atoms with E-state index in [9.17, 15) is 9.59 Å². The molecule has 16 heavy (non-hydrogen) atoms. The van der Waals surface area contributed by atoms with Gasteiger partial charge in [-0.25, -0.2) is 4.79 Å². The Labute approximate surface area is 95.6 Å². The Balaban J connectivity index is 2.54. The summed E-state index contributed by atoms with van der Waals surface area (Å²) in [4.78, 5) is 22.8. The lowest BCUT2D eigenvalue weighted by Crippen LogP contribution is -2.17. The maximum Gasteiger partial charge on any atom is 0.334 e.